The summed E-state index contributed by atoms with van der Waals surface area (Å²) in [6.45, 7) is -0.882. The highest BCUT2D eigenvalue weighted by molar-refractivity contribution is 5.99. The van der Waals surface area contributed by atoms with Crippen molar-refractivity contribution >= 4 is 53.6 Å². The molecule has 0 spiro atoms. The van der Waals surface area contributed by atoms with Crippen molar-refractivity contribution in [2.45, 2.75) is 28.1 Å². The predicted molar refractivity (Wildman–Crippen MR) is 236 cm³/mol. The van der Waals surface area contributed by atoms with Crippen molar-refractivity contribution in [1.82, 2.24) is 14.9 Å². The average molecular weight is 956 g/mol. The highest BCUT2D eigenvalue weighted by Crippen LogP contribution is 2.35. The summed E-state index contributed by atoms with van der Waals surface area (Å²) in [5, 5.41) is 0. The first kappa shape index (κ1) is 53.7. The molecule has 2 aromatic heterocycles. The zero-order chi connectivity index (χ0) is 48.4. The van der Waals surface area contributed by atoms with Crippen molar-refractivity contribution in [2.75, 3.05) is 23.9 Å². The Kier molecular flexibility index (Phi) is 18.6. The number of hydrogen-bond donors (Lipinski definition) is 3. The van der Waals surface area contributed by atoms with Gasteiger partial charge in [-0.05, 0) is 72.8 Å². The van der Waals surface area contributed by atoms with E-state index in [0.717, 1.165) is 66.7 Å². The van der Waals surface area contributed by atoms with E-state index in [9.17, 15) is 54.3 Å². The smallest absolute Gasteiger partial charge is 0.435 e. The standard InChI is InChI=1S/C23H19F4N5O3.C20H14F4N4O3.2CH4/c1-31(2)12-29-23(34)35-11-13-6-9-19(30-20(13)15-8-7-14(24)10-18(15)27)32(22(28)33)21-16(25)4-3-5-17(21)26;21-11-5-6-12(15(24)8-11)17-10(9-31-20(26)30)4-7-16(27-17)28(19(25)29)18-13(22)2-1-3-14(18)23;;/h3-10,12H,11H2,1-2H3,(H2,28,33);1-8H,9H2,(H2,25,29)(H2,26,30);2*1H4. The lowest BCUT2D eigenvalue weighted by atomic mass is 10.1. The fraction of sp³-hybridized carbons (Fsp3) is 0.133. The van der Waals surface area contributed by atoms with Crippen LogP contribution in [0.4, 0.5) is 77.3 Å². The van der Waals surface area contributed by atoms with Crippen LogP contribution in [0.1, 0.15) is 26.0 Å². The zero-order valence-electron chi connectivity index (χ0n) is 34.1. The number of urea groups is 2. The van der Waals surface area contributed by atoms with Crippen LogP contribution in [0.2, 0.25) is 0 Å². The summed E-state index contributed by atoms with van der Waals surface area (Å²) in [5.74, 6) is -8.89. The number of carbonyl (C=O) groups is 4. The van der Waals surface area contributed by atoms with Gasteiger partial charge in [0, 0.05) is 48.5 Å². The topological polar surface area (TPSA) is 213 Å². The number of nitrogens with zero attached hydrogens (tertiary/aromatic N) is 6. The van der Waals surface area contributed by atoms with Crippen LogP contribution in [-0.2, 0) is 22.7 Å². The van der Waals surface area contributed by atoms with Gasteiger partial charge < -0.3 is 31.6 Å². The van der Waals surface area contributed by atoms with E-state index in [2.05, 4.69) is 15.0 Å². The number of aliphatic imine (C=N–C) groups is 1. The molecule has 0 saturated carbocycles. The molecular formula is C45H41F8N9O6. The summed E-state index contributed by atoms with van der Waals surface area (Å²) < 4.78 is 123. The average Bonchev–Trinajstić information content (AvgIpc) is 3.24. The zero-order valence-corrected chi connectivity index (χ0v) is 34.1. The molecule has 0 atom stereocenters. The van der Waals surface area contributed by atoms with Crippen LogP contribution in [0.25, 0.3) is 22.5 Å². The number of amides is 6. The molecule has 4 aromatic carbocycles. The maximum atomic E-state index is 14.6. The van der Waals surface area contributed by atoms with Crippen LogP contribution < -0.4 is 27.0 Å². The largest absolute Gasteiger partial charge is 0.445 e. The van der Waals surface area contributed by atoms with E-state index in [0.29, 0.717) is 21.9 Å². The Labute approximate surface area is 383 Å². The molecule has 68 heavy (non-hydrogen) atoms. The molecule has 0 aliphatic carbocycles. The SMILES string of the molecule is C.C.CN(C)C=NC(=O)OCc1ccc(N(C(N)=O)c2c(F)cccc2F)nc1-c1ccc(F)cc1F.NC(=O)OCc1ccc(N(C(N)=O)c2c(F)cccc2F)nc1-c1ccc(F)cc1F. The Morgan fingerprint density at radius 1 is 0.559 bits per heavy atom. The molecule has 0 unspecified atom stereocenters. The molecule has 6 aromatic rings. The molecule has 6 rings (SSSR count). The Morgan fingerprint density at radius 2 is 0.941 bits per heavy atom. The number of ether oxygens (including phenoxy) is 2. The molecule has 0 aliphatic heterocycles. The van der Waals surface area contributed by atoms with Crippen LogP contribution in [-0.4, -0.2) is 59.6 Å². The van der Waals surface area contributed by atoms with Crippen LogP contribution in [0.5, 0.6) is 0 Å². The first-order valence-corrected chi connectivity index (χ1v) is 18.5. The molecule has 0 saturated heterocycles. The number of para-hydroxylation sites is 2. The van der Waals surface area contributed by atoms with Crippen LogP contribution in [0, 0.1) is 46.5 Å². The van der Waals surface area contributed by atoms with Gasteiger partial charge in [-0.15, -0.1) is 0 Å². The number of carbonyl (C=O) groups excluding carboxylic acids is 4. The molecule has 6 amide bonds. The molecule has 0 bridgehead atoms. The predicted octanol–water partition coefficient (Wildman–Crippen LogP) is 10.1. The Balaban J connectivity index is 0.000000352. The Hall–Kier alpha value is -8.63. The third-order valence-corrected chi connectivity index (χ3v) is 8.64. The Bertz CT molecular complexity index is 2810. The molecule has 6 N–H and O–H groups in total. The summed E-state index contributed by atoms with van der Waals surface area (Å²) in [4.78, 5) is 61.2. The van der Waals surface area contributed by atoms with Gasteiger partial charge in [0.1, 0.15) is 82.8 Å². The molecule has 0 fully saturated rings. The molecule has 358 valence electrons. The van der Waals surface area contributed by atoms with Gasteiger partial charge in [0.2, 0.25) is 0 Å². The van der Waals surface area contributed by atoms with Gasteiger partial charge >= 0.3 is 24.2 Å². The second-order valence-electron chi connectivity index (χ2n) is 13.5. The lowest BCUT2D eigenvalue weighted by Gasteiger charge is -2.22. The van der Waals surface area contributed by atoms with Gasteiger partial charge in [-0.1, -0.05) is 27.0 Å². The number of nitrogens with two attached hydrogens (primary N) is 3. The molecule has 2 heterocycles. The first-order chi connectivity index (χ1) is 31.3. The van der Waals surface area contributed by atoms with Crippen LogP contribution >= 0.6 is 0 Å². The van der Waals surface area contributed by atoms with Gasteiger partial charge in [-0.3, -0.25) is 0 Å². The number of pyridine rings is 2. The summed E-state index contributed by atoms with van der Waals surface area (Å²) in [6.07, 6.45) is -0.875. The van der Waals surface area contributed by atoms with Crippen molar-refractivity contribution in [3.8, 4) is 22.5 Å². The quantitative estimate of drug-likeness (QED) is 0.0639. The monoisotopic (exact) mass is 955 g/mol. The second kappa shape index (κ2) is 23.5. The minimum atomic E-state index is -1.27. The van der Waals surface area contributed by atoms with Gasteiger partial charge in [0.05, 0.1) is 17.7 Å². The van der Waals surface area contributed by atoms with E-state index >= 15 is 0 Å². The van der Waals surface area contributed by atoms with E-state index < -0.39 is 95.4 Å². The summed E-state index contributed by atoms with van der Waals surface area (Å²) in [6, 6.07) is 13.4. The fourth-order valence-electron chi connectivity index (χ4n) is 5.84. The van der Waals surface area contributed by atoms with Gasteiger partial charge in [0.25, 0.3) is 0 Å². The minimum Gasteiger partial charge on any atom is -0.445 e. The van der Waals surface area contributed by atoms with Crippen molar-refractivity contribution in [3.63, 3.8) is 0 Å². The molecule has 15 nitrogen and oxygen atoms in total. The van der Waals surface area contributed by atoms with Gasteiger partial charge in [0.15, 0.2) is 0 Å². The third-order valence-electron chi connectivity index (χ3n) is 8.64. The molecule has 23 heteroatoms. The number of benzene rings is 4. The van der Waals surface area contributed by atoms with E-state index in [1.165, 1.54) is 29.4 Å². The van der Waals surface area contributed by atoms with Gasteiger partial charge in [-0.2, -0.15) is 4.99 Å². The third kappa shape index (κ3) is 13.0. The van der Waals surface area contributed by atoms with E-state index in [4.69, 9.17) is 26.7 Å². The van der Waals surface area contributed by atoms with Gasteiger partial charge in [-0.25, -0.2) is 74.1 Å². The van der Waals surface area contributed by atoms with E-state index in [1.807, 2.05) is 0 Å². The molecule has 0 radical (unpaired) electrons. The number of rotatable bonds is 11. The second-order valence-corrected chi connectivity index (χ2v) is 13.5. The number of aromatic nitrogens is 2. The summed E-state index contributed by atoms with van der Waals surface area (Å²) in [7, 11) is 3.27. The fourth-order valence-corrected chi connectivity index (χ4v) is 5.84. The minimum absolute atomic E-state index is 0. The van der Waals surface area contributed by atoms with E-state index in [-0.39, 0.29) is 60.1 Å². The van der Waals surface area contributed by atoms with Crippen LogP contribution in [0.15, 0.2) is 102 Å². The van der Waals surface area contributed by atoms with Crippen molar-refractivity contribution in [3.05, 3.63) is 155 Å². The number of anilines is 4. The maximum absolute atomic E-state index is 14.6. The summed E-state index contributed by atoms with van der Waals surface area (Å²) >= 11 is 0. The Morgan fingerprint density at radius 3 is 1.28 bits per heavy atom. The van der Waals surface area contributed by atoms with Crippen LogP contribution in [0.3, 0.4) is 0 Å². The summed E-state index contributed by atoms with van der Waals surface area (Å²) in [5.41, 5.74) is 13.5. The van der Waals surface area contributed by atoms with Crippen molar-refractivity contribution in [1.29, 1.82) is 0 Å². The lowest BCUT2D eigenvalue weighted by Crippen LogP contribution is -2.33. The number of halogens is 8. The highest BCUT2D eigenvalue weighted by atomic mass is 19.2. The maximum Gasteiger partial charge on any atom is 0.435 e. The number of hydrogen-bond acceptors (Lipinski definition) is 8. The first-order valence-electron chi connectivity index (χ1n) is 18.5. The van der Waals surface area contributed by atoms with Crippen molar-refractivity contribution in [2.24, 2.45) is 22.2 Å². The molecular weight excluding hydrogens is 915 g/mol. The highest BCUT2D eigenvalue weighted by Gasteiger charge is 2.28. The van der Waals surface area contributed by atoms with Crippen molar-refractivity contribution < 1.29 is 63.8 Å². The lowest BCUT2D eigenvalue weighted by molar-refractivity contribution is 0.149. The number of primary amides is 3. The molecule has 0 aliphatic rings. The normalized spacial score (nSPS) is 10.4. The van der Waals surface area contributed by atoms with E-state index in [1.54, 1.807) is 14.1 Å².